The van der Waals surface area contributed by atoms with Gasteiger partial charge < -0.3 is 4.90 Å². The first-order valence-corrected chi connectivity index (χ1v) is 5.58. The molecular formula is C10H13F3N2S. The Labute approximate surface area is 96.4 Å². The van der Waals surface area contributed by atoms with Crippen LogP contribution < -0.4 is 4.90 Å². The van der Waals surface area contributed by atoms with Crippen LogP contribution in [0.3, 0.4) is 0 Å². The van der Waals surface area contributed by atoms with Gasteiger partial charge in [-0.15, -0.1) is 0 Å². The van der Waals surface area contributed by atoms with Crippen molar-refractivity contribution in [2.24, 2.45) is 0 Å². The number of hydrogen-bond acceptors (Lipinski definition) is 3. The lowest BCUT2D eigenvalue weighted by molar-refractivity contribution is -0.134. The predicted octanol–water partition coefficient (Wildman–Crippen LogP) is 3.56. The zero-order valence-electron chi connectivity index (χ0n) is 9.14. The van der Waals surface area contributed by atoms with Gasteiger partial charge in [0.2, 0.25) is 0 Å². The van der Waals surface area contributed by atoms with Crippen molar-refractivity contribution < 1.29 is 13.2 Å². The summed E-state index contributed by atoms with van der Waals surface area (Å²) in [5, 5.41) is 0.387. The summed E-state index contributed by atoms with van der Waals surface area (Å²) in [6, 6.07) is 0. The van der Waals surface area contributed by atoms with E-state index in [-0.39, 0.29) is 0 Å². The van der Waals surface area contributed by atoms with Crippen molar-refractivity contribution in [3.63, 3.8) is 0 Å². The molecule has 0 saturated heterocycles. The Morgan fingerprint density at radius 3 is 2.56 bits per heavy atom. The molecule has 1 aromatic rings. The van der Waals surface area contributed by atoms with Crippen LogP contribution in [0.2, 0.25) is 0 Å². The van der Waals surface area contributed by atoms with Crippen LogP contribution in [0.5, 0.6) is 0 Å². The number of likely N-dealkylation sites (N-methyl/N-ethyl adjacent to an activating group) is 1. The monoisotopic (exact) mass is 250 g/mol. The smallest absolute Gasteiger partial charge is 0.344 e. The molecule has 1 aromatic heterocycles. The minimum absolute atomic E-state index is 0.387. The molecule has 90 valence electrons. The maximum Gasteiger partial charge on any atom is 0.427 e. The number of aromatic nitrogens is 1. The van der Waals surface area contributed by atoms with Crippen LogP contribution in [0.4, 0.5) is 18.3 Å². The second-order valence-electron chi connectivity index (χ2n) is 3.48. The van der Waals surface area contributed by atoms with E-state index in [0.717, 1.165) is 11.8 Å². The Kier molecular flexibility index (Phi) is 3.96. The Bertz CT molecular complexity index is 370. The number of rotatable bonds is 4. The summed E-state index contributed by atoms with van der Waals surface area (Å²) < 4.78 is 37.1. The summed E-state index contributed by atoms with van der Waals surface area (Å²) >= 11 is 0.663. The summed E-state index contributed by atoms with van der Waals surface area (Å²) in [6.07, 6.45) is -3.43. The molecule has 0 unspecified atom stereocenters. The predicted molar refractivity (Wildman–Crippen MR) is 59.8 cm³/mol. The van der Waals surface area contributed by atoms with Gasteiger partial charge in [0, 0.05) is 13.1 Å². The molecule has 0 amide bonds. The van der Waals surface area contributed by atoms with Gasteiger partial charge in [0.25, 0.3) is 0 Å². The third kappa shape index (κ3) is 3.23. The van der Waals surface area contributed by atoms with Crippen LogP contribution in [0.1, 0.15) is 18.7 Å². The van der Waals surface area contributed by atoms with Gasteiger partial charge in [0.15, 0.2) is 5.13 Å². The number of alkyl halides is 3. The van der Waals surface area contributed by atoms with Crippen molar-refractivity contribution in [1.29, 1.82) is 0 Å². The lowest BCUT2D eigenvalue weighted by atomic mass is 10.3. The Balaban J connectivity index is 2.87. The molecule has 0 aliphatic heterocycles. The summed E-state index contributed by atoms with van der Waals surface area (Å²) in [5.41, 5.74) is 0.894. The van der Waals surface area contributed by atoms with Crippen molar-refractivity contribution in [3.05, 3.63) is 23.2 Å². The lowest BCUT2D eigenvalue weighted by Crippen LogP contribution is -2.24. The van der Waals surface area contributed by atoms with Gasteiger partial charge in [-0.25, -0.2) is 4.98 Å². The summed E-state index contributed by atoms with van der Waals surface area (Å²) in [5.74, 6) is 0. The second kappa shape index (κ2) is 4.86. The van der Waals surface area contributed by atoms with E-state index in [1.807, 2.05) is 13.8 Å². The van der Waals surface area contributed by atoms with Gasteiger partial charge in [0.05, 0.1) is 6.20 Å². The number of halogens is 3. The van der Waals surface area contributed by atoms with Crippen LogP contribution >= 0.6 is 11.3 Å². The van der Waals surface area contributed by atoms with Crippen molar-refractivity contribution in [3.8, 4) is 0 Å². The topological polar surface area (TPSA) is 16.1 Å². The first-order valence-electron chi connectivity index (χ1n) is 4.77. The average molecular weight is 250 g/mol. The van der Waals surface area contributed by atoms with E-state index >= 15 is 0 Å². The Morgan fingerprint density at radius 1 is 1.56 bits per heavy atom. The van der Waals surface area contributed by atoms with Crippen LogP contribution in [-0.4, -0.2) is 18.1 Å². The highest BCUT2D eigenvalue weighted by atomic mass is 32.1. The SMILES string of the molecule is C=C(C)CN(CC)c1ncc(C(F)(F)F)s1. The summed E-state index contributed by atoms with van der Waals surface area (Å²) in [6.45, 7) is 8.58. The van der Waals surface area contributed by atoms with Crippen LogP contribution in [-0.2, 0) is 6.18 Å². The third-order valence-electron chi connectivity index (χ3n) is 1.89. The molecule has 0 aliphatic carbocycles. The molecule has 16 heavy (non-hydrogen) atoms. The minimum Gasteiger partial charge on any atom is -0.344 e. The van der Waals surface area contributed by atoms with Crippen LogP contribution in [0.25, 0.3) is 0 Å². The van der Waals surface area contributed by atoms with Crippen molar-refractivity contribution >= 4 is 16.5 Å². The van der Waals surface area contributed by atoms with E-state index in [1.165, 1.54) is 0 Å². The fraction of sp³-hybridized carbons (Fsp3) is 0.500. The van der Waals surface area contributed by atoms with E-state index in [0.29, 0.717) is 29.6 Å². The van der Waals surface area contributed by atoms with Gasteiger partial charge in [0.1, 0.15) is 4.88 Å². The molecule has 0 bridgehead atoms. The zero-order chi connectivity index (χ0) is 12.3. The summed E-state index contributed by atoms with van der Waals surface area (Å²) in [4.78, 5) is 4.89. The fourth-order valence-electron chi connectivity index (χ4n) is 1.18. The molecule has 0 N–H and O–H groups in total. The van der Waals surface area contributed by atoms with E-state index < -0.39 is 11.1 Å². The van der Waals surface area contributed by atoms with Crippen molar-refractivity contribution in [2.45, 2.75) is 20.0 Å². The average Bonchev–Trinajstić information content (AvgIpc) is 2.61. The minimum atomic E-state index is -4.31. The normalized spacial score (nSPS) is 11.6. The van der Waals surface area contributed by atoms with E-state index in [2.05, 4.69) is 11.6 Å². The molecule has 0 fully saturated rings. The number of hydrogen-bond donors (Lipinski definition) is 0. The molecule has 0 radical (unpaired) electrons. The molecule has 0 aromatic carbocycles. The Morgan fingerprint density at radius 2 is 2.19 bits per heavy atom. The number of thiazole rings is 1. The molecule has 0 saturated carbocycles. The van der Waals surface area contributed by atoms with E-state index in [1.54, 1.807) is 4.90 Å². The molecule has 2 nitrogen and oxygen atoms in total. The summed E-state index contributed by atoms with van der Waals surface area (Å²) in [7, 11) is 0. The number of nitrogens with zero attached hydrogens (tertiary/aromatic N) is 2. The second-order valence-corrected chi connectivity index (χ2v) is 4.49. The van der Waals surface area contributed by atoms with Gasteiger partial charge >= 0.3 is 6.18 Å². The largest absolute Gasteiger partial charge is 0.427 e. The van der Waals surface area contributed by atoms with Gasteiger partial charge in [-0.05, 0) is 13.8 Å². The highest BCUT2D eigenvalue weighted by Crippen LogP contribution is 2.36. The first kappa shape index (κ1) is 13.0. The molecule has 1 rings (SSSR count). The zero-order valence-corrected chi connectivity index (χ0v) is 9.95. The standard InChI is InChI=1S/C10H13F3N2S/c1-4-15(6-7(2)3)9-14-5-8(16-9)10(11,12)13/h5H,2,4,6H2,1,3H3. The van der Waals surface area contributed by atoms with Crippen LogP contribution in [0.15, 0.2) is 18.3 Å². The third-order valence-corrected chi connectivity index (χ3v) is 2.99. The molecule has 6 heteroatoms. The molecule has 0 aliphatic rings. The maximum atomic E-state index is 12.4. The lowest BCUT2D eigenvalue weighted by Gasteiger charge is -2.19. The maximum absolute atomic E-state index is 12.4. The van der Waals surface area contributed by atoms with E-state index in [4.69, 9.17) is 0 Å². The number of anilines is 1. The van der Waals surface area contributed by atoms with Gasteiger partial charge in [-0.3, -0.25) is 0 Å². The van der Waals surface area contributed by atoms with Gasteiger partial charge in [-0.2, -0.15) is 13.2 Å². The molecule has 0 atom stereocenters. The van der Waals surface area contributed by atoms with Crippen LogP contribution in [0, 0.1) is 0 Å². The van der Waals surface area contributed by atoms with Gasteiger partial charge in [-0.1, -0.05) is 23.5 Å². The molecular weight excluding hydrogens is 237 g/mol. The quantitative estimate of drug-likeness (QED) is 0.759. The highest BCUT2D eigenvalue weighted by molar-refractivity contribution is 7.15. The van der Waals surface area contributed by atoms with Crippen molar-refractivity contribution in [1.82, 2.24) is 4.98 Å². The van der Waals surface area contributed by atoms with E-state index in [9.17, 15) is 13.2 Å². The first-order chi connectivity index (χ1) is 7.34. The fourth-order valence-corrected chi connectivity index (χ4v) is 2.03. The Hall–Kier alpha value is -1.04. The highest BCUT2D eigenvalue weighted by Gasteiger charge is 2.33. The van der Waals surface area contributed by atoms with Crippen molar-refractivity contribution in [2.75, 3.05) is 18.0 Å². The molecule has 1 heterocycles. The molecule has 0 spiro atoms.